The topological polar surface area (TPSA) is 83.0 Å². The van der Waals surface area contributed by atoms with Gasteiger partial charge in [0.05, 0.1) is 10.9 Å². The van der Waals surface area contributed by atoms with E-state index in [1.165, 1.54) is 0 Å². The highest BCUT2D eigenvalue weighted by molar-refractivity contribution is 5.77. The molecule has 19 heavy (non-hydrogen) atoms. The van der Waals surface area contributed by atoms with Gasteiger partial charge in [-0.2, -0.15) is 0 Å². The molecule has 2 N–H and O–H groups in total. The molecule has 0 aliphatic carbocycles. The first-order valence-electron chi connectivity index (χ1n) is 6.17. The van der Waals surface area contributed by atoms with Gasteiger partial charge in [-0.25, -0.2) is 4.98 Å². The van der Waals surface area contributed by atoms with Gasteiger partial charge in [-0.1, -0.05) is 26.0 Å². The summed E-state index contributed by atoms with van der Waals surface area (Å²) in [5, 5.41) is 7.58. The second kappa shape index (κ2) is 9.96. The SMILES string of the molecule is CC.CO.O=CCCc1nc2ccccc2c(=O)[nH]1. The molecule has 2 aromatic rings. The number of hydrogen-bond acceptors (Lipinski definition) is 4. The third-order valence-electron chi connectivity index (χ3n) is 2.16. The third kappa shape index (κ3) is 5.01. The molecule has 0 fully saturated rings. The van der Waals surface area contributed by atoms with E-state index in [2.05, 4.69) is 9.97 Å². The number of aryl methyl sites for hydroxylation is 1. The number of aliphatic hydroxyl groups excluding tert-OH is 1. The quantitative estimate of drug-likeness (QED) is 0.826. The maximum atomic E-state index is 11.6. The summed E-state index contributed by atoms with van der Waals surface area (Å²) < 4.78 is 0. The average molecular weight is 264 g/mol. The Morgan fingerprint density at radius 1 is 1.26 bits per heavy atom. The molecular weight excluding hydrogens is 244 g/mol. The lowest BCUT2D eigenvalue weighted by atomic mass is 10.2. The van der Waals surface area contributed by atoms with Gasteiger partial charge in [0.25, 0.3) is 5.56 Å². The predicted octanol–water partition coefficient (Wildman–Crippen LogP) is 1.69. The fourth-order valence-electron chi connectivity index (χ4n) is 1.45. The van der Waals surface area contributed by atoms with Gasteiger partial charge >= 0.3 is 0 Å². The second-order valence-electron chi connectivity index (χ2n) is 3.24. The van der Waals surface area contributed by atoms with E-state index in [1.54, 1.807) is 18.2 Å². The molecule has 0 unspecified atom stereocenters. The van der Waals surface area contributed by atoms with Crippen molar-refractivity contribution in [1.29, 1.82) is 0 Å². The number of fused-ring (bicyclic) bond motifs is 1. The molecule has 0 radical (unpaired) electrons. The Hall–Kier alpha value is -2.01. The van der Waals surface area contributed by atoms with Gasteiger partial charge in [0.15, 0.2) is 0 Å². The zero-order valence-corrected chi connectivity index (χ0v) is 11.5. The van der Waals surface area contributed by atoms with Crippen LogP contribution in [0.2, 0.25) is 0 Å². The number of benzene rings is 1. The molecule has 1 aromatic heterocycles. The molecule has 5 heteroatoms. The zero-order valence-electron chi connectivity index (χ0n) is 11.5. The van der Waals surface area contributed by atoms with Crippen LogP contribution in [-0.4, -0.2) is 28.5 Å². The fraction of sp³-hybridized carbons (Fsp3) is 0.357. The van der Waals surface area contributed by atoms with E-state index in [-0.39, 0.29) is 5.56 Å². The smallest absolute Gasteiger partial charge is 0.258 e. The summed E-state index contributed by atoms with van der Waals surface area (Å²) in [6.45, 7) is 4.00. The minimum Gasteiger partial charge on any atom is -0.400 e. The van der Waals surface area contributed by atoms with Gasteiger partial charge in [-0.3, -0.25) is 4.79 Å². The molecule has 5 nitrogen and oxygen atoms in total. The van der Waals surface area contributed by atoms with Crippen molar-refractivity contribution in [2.75, 3.05) is 7.11 Å². The lowest BCUT2D eigenvalue weighted by Crippen LogP contribution is -2.11. The van der Waals surface area contributed by atoms with Crippen LogP contribution in [-0.2, 0) is 11.2 Å². The maximum absolute atomic E-state index is 11.6. The van der Waals surface area contributed by atoms with Gasteiger partial charge in [-0.15, -0.1) is 0 Å². The minimum absolute atomic E-state index is 0.151. The highest BCUT2D eigenvalue weighted by Gasteiger charge is 2.01. The number of aliphatic hydroxyl groups is 1. The Morgan fingerprint density at radius 3 is 2.53 bits per heavy atom. The molecule has 0 bridgehead atoms. The number of aldehydes is 1. The molecular formula is C14H20N2O3. The summed E-state index contributed by atoms with van der Waals surface area (Å²) in [5.41, 5.74) is 0.517. The Labute approximate surface area is 112 Å². The summed E-state index contributed by atoms with van der Waals surface area (Å²) in [4.78, 5) is 28.7. The molecule has 0 saturated heterocycles. The number of carbonyl (C=O) groups excluding carboxylic acids is 1. The Bertz CT molecular complexity index is 550. The molecule has 0 saturated carbocycles. The van der Waals surface area contributed by atoms with Gasteiger partial charge in [0.2, 0.25) is 0 Å². The first kappa shape index (κ1) is 17.0. The summed E-state index contributed by atoms with van der Waals surface area (Å²) in [6.07, 6.45) is 1.67. The van der Waals surface area contributed by atoms with Crippen LogP contribution in [0.25, 0.3) is 10.9 Å². The largest absolute Gasteiger partial charge is 0.400 e. The summed E-state index contributed by atoms with van der Waals surface area (Å²) in [7, 11) is 1.00. The lowest BCUT2D eigenvalue weighted by Gasteiger charge is -2.00. The van der Waals surface area contributed by atoms with Crippen LogP contribution in [0.1, 0.15) is 26.1 Å². The molecule has 0 atom stereocenters. The number of nitrogens with zero attached hydrogens (tertiary/aromatic N) is 1. The zero-order chi connectivity index (χ0) is 14.7. The lowest BCUT2D eigenvalue weighted by molar-refractivity contribution is -0.107. The molecule has 0 aliphatic heterocycles. The van der Waals surface area contributed by atoms with Crippen molar-refractivity contribution in [3.63, 3.8) is 0 Å². The van der Waals surface area contributed by atoms with Crippen LogP contribution in [0.5, 0.6) is 0 Å². The molecule has 0 spiro atoms. The number of aromatic nitrogens is 2. The number of aromatic amines is 1. The molecule has 0 amide bonds. The molecule has 104 valence electrons. The van der Waals surface area contributed by atoms with Gasteiger partial charge in [-0.05, 0) is 12.1 Å². The summed E-state index contributed by atoms with van der Waals surface area (Å²) in [6, 6.07) is 7.14. The summed E-state index contributed by atoms with van der Waals surface area (Å²) in [5.74, 6) is 0.561. The van der Waals surface area contributed by atoms with E-state index in [4.69, 9.17) is 5.11 Å². The Balaban J connectivity index is 0.000000741. The summed E-state index contributed by atoms with van der Waals surface area (Å²) >= 11 is 0. The van der Waals surface area contributed by atoms with Crippen LogP contribution in [0.15, 0.2) is 29.1 Å². The highest BCUT2D eigenvalue weighted by Crippen LogP contribution is 2.05. The van der Waals surface area contributed by atoms with Crippen molar-refractivity contribution in [3.05, 3.63) is 40.4 Å². The number of H-pyrrole nitrogens is 1. The highest BCUT2D eigenvalue weighted by atomic mass is 16.2. The van der Waals surface area contributed by atoms with Gasteiger partial charge < -0.3 is 14.9 Å². The van der Waals surface area contributed by atoms with E-state index >= 15 is 0 Å². The van der Waals surface area contributed by atoms with Crippen molar-refractivity contribution in [2.45, 2.75) is 26.7 Å². The number of para-hydroxylation sites is 1. The van der Waals surface area contributed by atoms with Crippen molar-refractivity contribution < 1.29 is 9.90 Å². The molecule has 0 aliphatic rings. The van der Waals surface area contributed by atoms with Crippen LogP contribution >= 0.6 is 0 Å². The first-order valence-corrected chi connectivity index (χ1v) is 6.17. The van der Waals surface area contributed by atoms with Crippen LogP contribution in [0.4, 0.5) is 0 Å². The van der Waals surface area contributed by atoms with Crippen LogP contribution in [0, 0.1) is 0 Å². The fourth-order valence-corrected chi connectivity index (χ4v) is 1.45. The van der Waals surface area contributed by atoms with Gasteiger partial charge in [0, 0.05) is 20.0 Å². The Kier molecular flexibility index (Phi) is 8.91. The van der Waals surface area contributed by atoms with Crippen molar-refractivity contribution >= 4 is 17.2 Å². The van der Waals surface area contributed by atoms with E-state index in [0.29, 0.717) is 29.6 Å². The van der Waals surface area contributed by atoms with E-state index in [1.807, 2.05) is 19.9 Å². The normalized spacial score (nSPS) is 8.84. The van der Waals surface area contributed by atoms with Crippen LogP contribution < -0.4 is 5.56 Å². The van der Waals surface area contributed by atoms with E-state index < -0.39 is 0 Å². The first-order chi connectivity index (χ1) is 9.31. The molecule has 1 aromatic carbocycles. The number of carbonyl (C=O) groups is 1. The standard InChI is InChI=1S/C11H10N2O2.C2H6.CH4O/c14-7-3-6-10-12-9-5-2-1-4-8(9)11(15)13-10;2*1-2/h1-2,4-5,7H,3,6H2,(H,12,13,15);1-2H3;2H,1H3. The maximum Gasteiger partial charge on any atom is 0.258 e. The number of rotatable bonds is 3. The van der Waals surface area contributed by atoms with Crippen LogP contribution in [0.3, 0.4) is 0 Å². The monoisotopic (exact) mass is 264 g/mol. The minimum atomic E-state index is -0.151. The van der Waals surface area contributed by atoms with Crippen molar-refractivity contribution in [1.82, 2.24) is 9.97 Å². The van der Waals surface area contributed by atoms with Crippen molar-refractivity contribution in [3.8, 4) is 0 Å². The number of nitrogens with one attached hydrogen (secondary N) is 1. The number of hydrogen-bond donors (Lipinski definition) is 2. The Morgan fingerprint density at radius 2 is 1.89 bits per heavy atom. The second-order valence-corrected chi connectivity index (χ2v) is 3.24. The predicted molar refractivity (Wildman–Crippen MR) is 76.2 cm³/mol. The molecule has 1 heterocycles. The average Bonchev–Trinajstić information content (AvgIpc) is 2.49. The molecule has 2 rings (SSSR count). The van der Waals surface area contributed by atoms with E-state index in [9.17, 15) is 9.59 Å². The van der Waals surface area contributed by atoms with Crippen molar-refractivity contribution in [2.24, 2.45) is 0 Å². The van der Waals surface area contributed by atoms with E-state index in [0.717, 1.165) is 13.4 Å². The van der Waals surface area contributed by atoms with Gasteiger partial charge in [0.1, 0.15) is 12.1 Å². The third-order valence-corrected chi connectivity index (χ3v) is 2.16.